The molecule has 0 heterocycles. The number of nitrogens with one attached hydrogen (secondary N) is 1. The van der Waals surface area contributed by atoms with Gasteiger partial charge < -0.3 is 5.32 Å². The molecule has 2 aromatic carbocycles. The van der Waals surface area contributed by atoms with Crippen molar-refractivity contribution in [3.05, 3.63) is 68.4 Å². The molecule has 0 bridgehead atoms. The predicted octanol–water partition coefficient (Wildman–Crippen LogP) is 5.05. The third-order valence-electron chi connectivity index (χ3n) is 2.86. The van der Waals surface area contributed by atoms with Crippen LogP contribution in [0.2, 0.25) is 0 Å². The molecule has 0 radical (unpaired) electrons. The van der Waals surface area contributed by atoms with Gasteiger partial charge >= 0.3 is 0 Å². The molecule has 0 amide bonds. The summed E-state index contributed by atoms with van der Waals surface area (Å²) < 4.78 is 15.9. The minimum atomic E-state index is -0.200. The molecule has 0 aromatic heterocycles. The lowest BCUT2D eigenvalue weighted by Crippen LogP contribution is -2.23. The van der Waals surface area contributed by atoms with Crippen molar-refractivity contribution < 1.29 is 4.39 Å². The Balaban J connectivity index is 2.48. The summed E-state index contributed by atoms with van der Waals surface area (Å²) in [6, 6.07) is 12.8. The Kier molecular flexibility index (Phi) is 5.13. The minimum absolute atomic E-state index is 0.153. The van der Waals surface area contributed by atoms with E-state index in [4.69, 9.17) is 0 Å². The van der Waals surface area contributed by atoms with Crippen LogP contribution >= 0.6 is 31.9 Å². The van der Waals surface area contributed by atoms with Gasteiger partial charge in [0, 0.05) is 14.5 Å². The molecule has 0 aliphatic rings. The molecule has 0 saturated heterocycles. The van der Waals surface area contributed by atoms with Crippen molar-refractivity contribution in [3.63, 3.8) is 0 Å². The van der Waals surface area contributed by atoms with Crippen molar-refractivity contribution in [1.29, 1.82) is 0 Å². The van der Waals surface area contributed by atoms with Gasteiger partial charge in [-0.05, 0) is 42.4 Å². The van der Waals surface area contributed by atoms with Crippen LogP contribution in [0.5, 0.6) is 0 Å². The lowest BCUT2D eigenvalue weighted by atomic mass is 9.98. The van der Waals surface area contributed by atoms with Crippen LogP contribution in [-0.4, -0.2) is 6.54 Å². The third kappa shape index (κ3) is 3.65. The maximum atomic E-state index is 14.1. The van der Waals surface area contributed by atoms with Crippen LogP contribution in [-0.2, 0) is 0 Å². The van der Waals surface area contributed by atoms with Crippen molar-refractivity contribution in [2.24, 2.45) is 0 Å². The number of halogens is 3. The summed E-state index contributed by atoms with van der Waals surface area (Å²) >= 11 is 6.86. The zero-order valence-electron chi connectivity index (χ0n) is 10.5. The smallest absolute Gasteiger partial charge is 0.128 e. The predicted molar refractivity (Wildman–Crippen MR) is 83.8 cm³/mol. The molecule has 100 valence electrons. The first-order chi connectivity index (χ1) is 9.11. The SMILES string of the molecule is CCNC(c1cccc(Br)c1)c1cc(Br)ccc1F. The van der Waals surface area contributed by atoms with Gasteiger partial charge in [-0.15, -0.1) is 0 Å². The Labute approximate surface area is 129 Å². The standard InChI is InChI=1S/C15H14Br2FN/c1-2-19-15(10-4-3-5-11(16)8-10)13-9-12(17)6-7-14(13)18/h3-9,15,19H,2H2,1H3. The van der Waals surface area contributed by atoms with Gasteiger partial charge in [0.1, 0.15) is 5.82 Å². The highest BCUT2D eigenvalue weighted by molar-refractivity contribution is 9.10. The van der Waals surface area contributed by atoms with Crippen LogP contribution in [0.25, 0.3) is 0 Å². The van der Waals surface area contributed by atoms with E-state index in [1.165, 1.54) is 6.07 Å². The maximum Gasteiger partial charge on any atom is 0.128 e. The number of hydrogen-bond donors (Lipinski definition) is 1. The highest BCUT2D eigenvalue weighted by Gasteiger charge is 2.17. The highest BCUT2D eigenvalue weighted by atomic mass is 79.9. The monoisotopic (exact) mass is 385 g/mol. The molecule has 0 aliphatic carbocycles. The zero-order valence-corrected chi connectivity index (χ0v) is 13.6. The van der Waals surface area contributed by atoms with Gasteiger partial charge in [0.05, 0.1) is 6.04 Å². The van der Waals surface area contributed by atoms with Crippen molar-refractivity contribution in [2.45, 2.75) is 13.0 Å². The van der Waals surface area contributed by atoms with Crippen molar-refractivity contribution in [2.75, 3.05) is 6.54 Å². The van der Waals surface area contributed by atoms with E-state index in [0.717, 1.165) is 21.1 Å². The van der Waals surface area contributed by atoms with Gasteiger partial charge in [-0.3, -0.25) is 0 Å². The lowest BCUT2D eigenvalue weighted by Gasteiger charge is -2.20. The van der Waals surface area contributed by atoms with Crippen LogP contribution in [0.3, 0.4) is 0 Å². The fourth-order valence-electron chi connectivity index (χ4n) is 2.03. The molecule has 19 heavy (non-hydrogen) atoms. The van der Waals surface area contributed by atoms with Gasteiger partial charge in [0.15, 0.2) is 0 Å². The lowest BCUT2D eigenvalue weighted by molar-refractivity contribution is 0.558. The summed E-state index contributed by atoms with van der Waals surface area (Å²) in [4.78, 5) is 0. The Bertz CT molecular complexity index is 572. The topological polar surface area (TPSA) is 12.0 Å². The van der Waals surface area contributed by atoms with Crippen molar-refractivity contribution in [3.8, 4) is 0 Å². The zero-order chi connectivity index (χ0) is 13.8. The largest absolute Gasteiger partial charge is 0.306 e. The van der Waals surface area contributed by atoms with Crippen LogP contribution < -0.4 is 5.32 Å². The molecule has 1 unspecified atom stereocenters. The highest BCUT2D eigenvalue weighted by Crippen LogP contribution is 2.28. The second-order valence-electron chi connectivity index (χ2n) is 4.21. The molecule has 0 spiro atoms. The van der Waals surface area contributed by atoms with E-state index in [-0.39, 0.29) is 11.9 Å². The fourth-order valence-corrected chi connectivity index (χ4v) is 2.83. The second kappa shape index (κ2) is 6.64. The number of hydrogen-bond acceptors (Lipinski definition) is 1. The van der Waals surface area contributed by atoms with Crippen molar-refractivity contribution in [1.82, 2.24) is 5.32 Å². The van der Waals surface area contributed by atoms with Crippen LogP contribution in [0, 0.1) is 5.82 Å². The molecular weight excluding hydrogens is 373 g/mol. The summed E-state index contributed by atoms with van der Waals surface area (Å²) in [5.74, 6) is -0.200. The summed E-state index contributed by atoms with van der Waals surface area (Å²) in [6.45, 7) is 2.78. The second-order valence-corrected chi connectivity index (χ2v) is 6.04. The normalized spacial score (nSPS) is 12.4. The van der Waals surface area contributed by atoms with Crippen LogP contribution in [0.4, 0.5) is 4.39 Å². The first-order valence-electron chi connectivity index (χ1n) is 6.05. The summed E-state index contributed by atoms with van der Waals surface area (Å²) in [7, 11) is 0. The third-order valence-corrected chi connectivity index (χ3v) is 3.85. The Morgan fingerprint density at radius 2 is 1.84 bits per heavy atom. The molecule has 4 heteroatoms. The molecule has 0 fully saturated rings. The fraction of sp³-hybridized carbons (Fsp3) is 0.200. The van der Waals surface area contributed by atoms with E-state index >= 15 is 0 Å². The minimum Gasteiger partial charge on any atom is -0.306 e. The Morgan fingerprint density at radius 1 is 1.11 bits per heavy atom. The van der Waals surface area contributed by atoms with Gasteiger partial charge in [-0.25, -0.2) is 4.39 Å². The van der Waals surface area contributed by atoms with E-state index in [0.29, 0.717) is 5.56 Å². The van der Waals surface area contributed by atoms with Gasteiger partial charge in [-0.2, -0.15) is 0 Å². The Morgan fingerprint density at radius 3 is 2.53 bits per heavy atom. The molecule has 0 aliphatic heterocycles. The molecule has 1 N–H and O–H groups in total. The average molecular weight is 387 g/mol. The van der Waals surface area contributed by atoms with E-state index in [1.54, 1.807) is 6.07 Å². The van der Waals surface area contributed by atoms with Gasteiger partial charge in [0.25, 0.3) is 0 Å². The summed E-state index contributed by atoms with van der Waals surface area (Å²) in [5, 5.41) is 3.33. The molecular formula is C15H14Br2FN. The van der Waals surface area contributed by atoms with Crippen LogP contribution in [0.1, 0.15) is 24.1 Å². The Hall–Kier alpha value is -0.710. The van der Waals surface area contributed by atoms with E-state index in [9.17, 15) is 4.39 Å². The van der Waals surface area contributed by atoms with Crippen LogP contribution in [0.15, 0.2) is 51.4 Å². The first-order valence-corrected chi connectivity index (χ1v) is 7.64. The quantitative estimate of drug-likeness (QED) is 0.775. The summed E-state index contributed by atoms with van der Waals surface area (Å²) in [6.07, 6.45) is 0. The average Bonchev–Trinajstić information content (AvgIpc) is 2.39. The van der Waals surface area contributed by atoms with Gasteiger partial charge in [0.2, 0.25) is 0 Å². The summed E-state index contributed by atoms with van der Waals surface area (Å²) in [5.41, 5.74) is 1.68. The first kappa shape index (κ1) is 14.7. The van der Waals surface area contributed by atoms with Gasteiger partial charge in [-0.1, -0.05) is 50.9 Å². The molecule has 1 nitrogen and oxygen atoms in total. The molecule has 2 aromatic rings. The molecule has 1 atom stereocenters. The van der Waals surface area contributed by atoms with Crippen molar-refractivity contribution >= 4 is 31.9 Å². The van der Waals surface area contributed by atoms with E-state index in [2.05, 4.69) is 37.2 Å². The van der Waals surface area contributed by atoms with E-state index < -0.39 is 0 Å². The van der Waals surface area contributed by atoms with E-state index in [1.807, 2.05) is 37.3 Å². The number of rotatable bonds is 4. The molecule has 2 rings (SSSR count). The number of benzene rings is 2. The maximum absolute atomic E-state index is 14.1. The molecule has 0 saturated carbocycles.